The Balaban J connectivity index is 2.10. The predicted molar refractivity (Wildman–Crippen MR) is 84.8 cm³/mol. The number of nitrogens with zero attached hydrogens (tertiary/aromatic N) is 1. The highest BCUT2D eigenvalue weighted by atomic mass is 35.5. The van der Waals surface area contributed by atoms with Crippen LogP contribution in [-0.2, 0) is 0 Å². The van der Waals surface area contributed by atoms with Crippen LogP contribution in [0.25, 0.3) is 0 Å². The molecular formula is C14H19ClN2OS. The maximum atomic E-state index is 6.11. The minimum atomic E-state index is 0.414. The van der Waals surface area contributed by atoms with Gasteiger partial charge in [0.2, 0.25) is 0 Å². The summed E-state index contributed by atoms with van der Waals surface area (Å²) in [4.78, 5) is 4.74. The first-order chi connectivity index (χ1) is 9.10. The first kappa shape index (κ1) is 14.5. The Morgan fingerprint density at radius 3 is 2.89 bits per heavy atom. The van der Waals surface area contributed by atoms with Gasteiger partial charge in [0.1, 0.15) is 5.75 Å². The molecule has 1 aliphatic heterocycles. The summed E-state index contributed by atoms with van der Waals surface area (Å²) in [5.74, 6) is 2.38. The van der Waals surface area contributed by atoms with Crippen molar-refractivity contribution in [3.05, 3.63) is 23.2 Å². The molecule has 3 nitrogen and oxygen atoms in total. The van der Waals surface area contributed by atoms with E-state index in [1.165, 1.54) is 0 Å². The summed E-state index contributed by atoms with van der Waals surface area (Å²) in [7, 11) is 1.61. The van der Waals surface area contributed by atoms with Crippen LogP contribution in [0.1, 0.15) is 20.3 Å². The molecule has 0 fully saturated rings. The fraction of sp³-hybridized carbons (Fsp3) is 0.500. The maximum Gasteiger partial charge on any atom is 0.161 e. The summed E-state index contributed by atoms with van der Waals surface area (Å²) in [6.45, 7) is 4.43. The topological polar surface area (TPSA) is 33.6 Å². The Morgan fingerprint density at radius 1 is 1.47 bits per heavy atom. The smallest absolute Gasteiger partial charge is 0.161 e. The fourth-order valence-electron chi connectivity index (χ4n) is 1.95. The molecule has 0 saturated heterocycles. The molecule has 1 atom stereocenters. The van der Waals surface area contributed by atoms with Crippen LogP contribution >= 0.6 is 23.4 Å². The van der Waals surface area contributed by atoms with E-state index in [1.54, 1.807) is 18.9 Å². The van der Waals surface area contributed by atoms with Gasteiger partial charge in [-0.15, -0.1) is 0 Å². The van der Waals surface area contributed by atoms with Crippen LogP contribution in [0.4, 0.5) is 5.69 Å². The highest BCUT2D eigenvalue weighted by molar-refractivity contribution is 8.14. The van der Waals surface area contributed by atoms with Crippen LogP contribution < -0.4 is 10.1 Å². The molecule has 5 heteroatoms. The third-order valence-electron chi connectivity index (χ3n) is 3.11. The number of amidine groups is 1. The van der Waals surface area contributed by atoms with Crippen LogP contribution in [0, 0.1) is 5.92 Å². The average molecular weight is 299 g/mol. The van der Waals surface area contributed by atoms with Crippen molar-refractivity contribution < 1.29 is 4.74 Å². The monoisotopic (exact) mass is 298 g/mol. The lowest BCUT2D eigenvalue weighted by molar-refractivity contribution is 0.415. The summed E-state index contributed by atoms with van der Waals surface area (Å²) < 4.78 is 5.14. The number of rotatable bonds is 3. The summed E-state index contributed by atoms with van der Waals surface area (Å²) in [6, 6.07) is 6.09. The van der Waals surface area contributed by atoms with Crippen LogP contribution in [0.5, 0.6) is 5.75 Å². The van der Waals surface area contributed by atoms with Crippen molar-refractivity contribution in [3.8, 4) is 5.75 Å². The minimum absolute atomic E-state index is 0.414. The van der Waals surface area contributed by atoms with Gasteiger partial charge in [-0.3, -0.25) is 4.99 Å². The lowest BCUT2D eigenvalue weighted by Gasteiger charge is -2.23. The Kier molecular flexibility index (Phi) is 4.99. The van der Waals surface area contributed by atoms with Crippen LogP contribution in [0.15, 0.2) is 23.2 Å². The van der Waals surface area contributed by atoms with Gasteiger partial charge in [0, 0.05) is 11.4 Å². The molecule has 0 radical (unpaired) electrons. The summed E-state index contributed by atoms with van der Waals surface area (Å²) in [5, 5.41) is 4.91. The van der Waals surface area contributed by atoms with E-state index in [1.807, 2.05) is 18.2 Å². The molecule has 0 bridgehead atoms. The van der Waals surface area contributed by atoms with Gasteiger partial charge in [0.15, 0.2) is 5.17 Å². The highest BCUT2D eigenvalue weighted by Crippen LogP contribution is 2.29. The molecule has 1 N–H and O–H groups in total. The zero-order valence-corrected chi connectivity index (χ0v) is 13.0. The molecule has 0 spiro atoms. The third-order valence-corrected chi connectivity index (χ3v) is 4.32. The van der Waals surface area contributed by atoms with Gasteiger partial charge in [-0.1, -0.05) is 37.2 Å². The van der Waals surface area contributed by atoms with Crippen LogP contribution in [-0.4, -0.2) is 24.1 Å². The molecule has 1 heterocycles. The average Bonchev–Trinajstić information content (AvgIpc) is 2.39. The SMILES string of the molecule is COc1ccc(NC2=NC(C(C)C)CCS2)cc1Cl. The maximum absolute atomic E-state index is 6.11. The summed E-state index contributed by atoms with van der Waals surface area (Å²) in [5.41, 5.74) is 0.946. The number of anilines is 1. The molecule has 0 amide bonds. The lowest BCUT2D eigenvalue weighted by atomic mass is 10.0. The number of halogens is 1. The first-order valence-electron chi connectivity index (χ1n) is 6.41. The Morgan fingerprint density at radius 2 is 2.26 bits per heavy atom. The van der Waals surface area contributed by atoms with E-state index in [0.29, 0.717) is 22.7 Å². The van der Waals surface area contributed by atoms with Gasteiger partial charge < -0.3 is 10.1 Å². The molecule has 1 unspecified atom stereocenters. The summed E-state index contributed by atoms with van der Waals surface area (Å²) in [6.07, 6.45) is 1.15. The number of ether oxygens (including phenoxy) is 1. The molecule has 0 aliphatic carbocycles. The van der Waals surface area contributed by atoms with E-state index in [0.717, 1.165) is 23.0 Å². The second-order valence-corrected chi connectivity index (χ2v) is 6.35. The second kappa shape index (κ2) is 6.53. The van der Waals surface area contributed by atoms with Gasteiger partial charge in [-0.25, -0.2) is 0 Å². The Labute approximate surface area is 123 Å². The fourth-order valence-corrected chi connectivity index (χ4v) is 3.16. The molecule has 2 rings (SSSR count). The van der Waals surface area contributed by atoms with Crippen LogP contribution in [0.2, 0.25) is 5.02 Å². The molecule has 1 aromatic rings. The van der Waals surface area contributed by atoms with Gasteiger partial charge in [0.05, 0.1) is 18.2 Å². The number of hydrogen-bond acceptors (Lipinski definition) is 4. The lowest BCUT2D eigenvalue weighted by Crippen LogP contribution is -2.23. The van der Waals surface area contributed by atoms with E-state index in [-0.39, 0.29) is 0 Å². The van der Waals surface area contributed by atoms with Crippen molar-refractivity contribution in [2.75, 3.05) is 18.2 Å². The molecule has 104 valence electrons. The molecule has 1 aromatic carbocycles. The van der Waals surface area contributed by atoms with E-state index in [2.05, 4.69) is 19.2 Å². The number of aliphatic imine (C=N–C) groups is 1. The number of hydrogen-bond donors (Lipinski definition) is 1. The number of benzene rings is 1. The van der Waals surface area contributed by atoms with Crippen LogP contribution in [0.3, 0.4) is 0 Å². The molecule has 0 saturated carbocycles. The van der Waals surface area contributed by atoms with Crippen molar-refractivity contribution >= 4 is 34.2 Å². The standard InChI is InChI=1S/C14H19ClN2OS/c1-9(2)12-6-7-19-14(17-12)16-10-4-5-13(18-3)11(15)8-10/h4-5,8-9,12H,6-7H2,1-3H3,(H,16,17). The third kappa shape index (κ3) is 3.80. The number of thioether (sulfide) groups is 1. The Hall–Kier alpha value is -0.870. The van der Waals surface area contributed by atoms with Gasteiger partial charge in [-0.2, -0.15) is 0 Å². The number of methoxy groups -OCH3 is 1. The van der Waals surface area contributed by atoms with Crippen molar-refractivity contribution in [3.63, 3.8) is 0 Å². The minimum Gasteiger partial charge on any atom is -0.495 e. The van der Waals surface area contributed by atoms with Gasteiger partial charge in [-0.05, 0) is 30.5 Å². The zero-order valence-electron chi connectivity index (χ0n) is 11.4. The molecular weight excluding hydrogens is 280 g/mol. The molecule has 19 heavy (non-hydrogen) atoms. The van der Waals surface area contributed by atoms with E-state index >= 15 is 0 Å². The molecule has 0 aromatic heterocycles. The predicted octanol–water partition coefficient (Wildman–Crippen LogP) is 4.28. The van der Waals surface area contributed by atoms with Crippen molar-refractivity contribution in [1.29, 1.82) is 0 Å². The van der Waals surface area contributed by atoms with Crippen molar-refractivity contribution in [1.82, 2.24) is 0 Å². The first-order valence-corrected chi connectivity index (χ1v) is 7.77. The zero-order chi connectivity index (χ0) is 13.8. The quantitative estimate of drug-likeness (QED) is 0.904. The van der Waals surface area contributed by atoms with E-state index in [9.17, 15) is 0 Å². The van der Waals surface area contributed by atoms with E-state index in [4.69, 9.17) is 21.3 Å². The van der Waals surface area contributed by atoms with Gasteiger partial charge in [0.25, 0.3) is 0 Å². The number of nitrogens with one attached hydrogen (secondary N) is 1. The highest BCUT2D eigenvalue weighted by Gasteiger charge is 2.18. The second-order valence-electron chi connectivity index (χ2n) is 4.86. The van der Waals surface area contributed by atoms with Crippen molar-refractivity contribution in [2.45, 2.75) is 26.3 Å². The van der Waals surface area contributed by atoms with Gasteiger partial charge >= 0.3 is 0 Å². The molecule has 1 aliphatic rings. The summed E-state index contributed by atoms with van der Waals surface area (Å²) >= 11 is 7.87. The largest absolute Gasteiger partial charge is 0.495 e. The van der Waals surface area contributed by atoms with Crippen molar-refractivity contribution in [2.24, 2.45) is 10.9 Å². The normalized spacial score (nSPS) is 19.2. The Bertz CT molecular complexity index is 477. The van der Waals surface area contributed by atoms with E-state index < -0.39 is 0 Å².